The molecule has 40 valence electrons. The van der Waals surface area contributed by atoms with Gasteiger partial charge in [0.1, 0.15) is 0 Å². The highest BCUT2D eigenvalue weighted by Crippen LogP contribution is 2.11. The fraction of sp³-hybridized carbons (Fsp3) is 0.667. The van der Waals surface area contributed by atoms with Gasteiger partial charge >= 0.3 is 0 Å². The molecule has 1 fully saturated rings. The van der Waals surface area contributed by atoms with Crippen LogP contribution in [-0.4, -0.2) is 10.6 Å². The molecule has 0 aliphatic carbocycles. The molecule has 0 aromatic carbocycles. The summed E-state index contributed by atoms with van der Waals surface area (Å²) in [4.78, 5) is 10.2. The molecule has 0 saturated carbocycles. The van der Waals surface area contributed by atoms with E-state index in [1.54, 1.807) is 0 Å². The van der Waals surface area contributed by atoms with E-state index >= 15 is 0 Å². The van der Waals surface area contributed by atoms with Gasteiger partial charge in [-0.2, -0.15) is 0 Å². The average molecular weight is 118 g/mol. The van der Waals surface area contributed by atoms with Crippen LogP contribution < -0.4 is 10.9 Å². The minimum atomic E-state index is 0.00694. The lowest BCUT2D eigenvalue weighted by atomic mass is 10.8. The van der Waals surface area contributed by atoms with Gasteiger partial charge in [0.05, 0.1) is 5.37 Å². The van der Waals surface area contributed by atoms with Crippen LogP contribution in [0.15, 0.2) is 0 Å². The Kier molecular flexibility index (Phi) is 1.21. The number of hydrogen-bond acceptors (Lipinski definition) is 3. The fourth-order valence-electron chi connectivity index (χ4n) is 0.380. The van der Waals surface area contributed by atoms with Crippen LogP contribution in [0.4, 0.5) is 4.79 Å². The number of nitrogens with one attached hydrogen (secondary N) is 2. The van der Waals surface area contributed by atoms with Crippen LogP contribution in [0.2, 0.25) is 0 Å². The third-order valence-corrected chi connectivity index (χ3v) is 1.45. The number of hydrogen-bond donors (Lipinski definition) is 2. The van der Waals surface area contributed by atoms with Crippen molar-refractivity contribution in [1.82, 2.24) is 10.9 Å². The predicted molar refractivity (Wildman–Crippen MR) is 28.7 cm³/mol. The zero-order valence-corrected chi connectivity index (χ0v) is 4.71. The summed E-state index contributed by atoms with van der Waals surface area (Å²) < 4.78 is 0. The maximum Gasteiger partial charge on any atom is 0.294 e. The van der Waals surface area contributed by atoms with Gasteiger partial charge in [0.15, 0.2) is 0 Å². The molecule has 0 radical (unpaired) electrons. The maximum absolute atomic E-state index is 10.2. The minimum absolute atomic E-state index is 0.00694. The van der Waals surface area contributed by atoms with Crippen molar-refractivity contribution in [2.24, 2.45) is 0 Å². The first-order chi connectivity index (χ1) is 3.29. The summed E-state index contributed by atoms with van der Waals surface area (Å²) in [5.41, 5.74) is 5.18. The second-order valence-electron chi connectivity index (χ2n) is 1.32. The molecule has 0 spiro atoms. The molecular weight excluding hydrogens is 112 g/mol. The summed E-state index contributed by atoms with van der Waals surface area (Å²) in [7, 11) is 0. The third kappa shape index (κ3) is 1.07. The van der Waals surface area contributed by atoms with Gasteiger partial charge in [0.25, 0.3) is 5.24 Å². The van der Waals surface area contributed by atoms with Crippen molar-refractivity contribution < 1.29 is 4.79 Å². The Morgan fingerprint density at radius 3 is 2.71 bits per heavy atom. The van der Waals surface area contributed by atoms with Gasteiger partial charge in [-0.25, -0.2) is 5.43 Å². The average Bonchev–Trinajstić information content (AvgIpc) is 1.87. The molecule has 1 aliphatic heterocycles. The minimum Gasteiger partial charge on any atom is -0.281 e. The monoisotopic (exact) mass is 118 g/mol. The Balaban J connectivity index is 2.40. The summed E-state index contributed by atoms with van der Waals surface area (Å²) >= 11 is 1.26. The Hall–Kier alpha value is -0.220. The Morgan fingerprint density at radius 1 is 1.86 bits per heavy atom. The largest absolute Gasteiger partial charge is 0.294 e. The summed E-state index contributed by atoms with van der Waals surface area (Å²) in [6, 6.07) is 0. The summed E-state index contributed by atoms with van der Waals surface area (Å²) in [6.45, 7) is 1.92. The quantitative estimate of drug-likeness (QED) is 0.480. The number of carbonyl (C=O) groups excluding carboxylic acids is 1. The lowest BCUT2D eigenvalue weighted by Crippen LogP contribution is -2.28. The number of thioether (sulfide) groups is 1. The van der Waals surface area contributed by atoms with E-state index in [4.69, 9.17) is 0 Å². The van der Waals surface area contributed by atoms with Gasteiger partial charge in [-0.15, -0.1) is 0 Å². The van der Waals surface area contributed by atoms with E-state index in [9.17, 15) is 4.79 Å². The molecule has 1 amide bonds. The van der Waals surface area contributed by atoms with Crippen molar-refractivity contribution in [2.45, 2.75) is 12.3 Å². The van der Waals surface area contributed by atoms with E-state index in [2.05, 4.69) is 10.9 Å². The van der Waals surface area contributed by atoms with Crippen molar-refractivity contribution in [3.05, 3.63) is 0 Å². The SMILES string of the molecule is CC1NNC(=O)S1. The first-order valence-corrected chi connectivity index (χ1v) is 2.89. The fourth-order valence-corrected chi connectivity index (χ4v) is 0.937. The Bertz CT molecular complexity index is 94.9. The van der Waals surface area contributed by atoms with Gasteiger partial charge in [-0.05, 0) is 18.7 Å². The van der Waals surface area contributed by atoms with Gasteiger partial charge in [-0.3, -0.25) is 10.2 Å². The maximum atomic E-state index is 10.2. The highest BCUT2D eigenvalue weighted by Gasteiger charge is 2.15. The topological polar surface area (TPSA) is 41.1 Å². The molecule has 1 rings (SSSR count). The van der Waals surface area contributed by atoms with Crippen LogP contribution in [0.3, 0.4) is 0 Å². The molecule has 0 aromatic heterocycles. The number of amides is 1. The zero-order valence-electron chi connectivity index (χ0n) is 3.89. The van der Waals surface area contributed by atoms with E-state index in [1.165, 1.54) is 11.8 Å². The molecule has 2 N–H and O–H groups in total. The van der Waals surface area contributed by atoms with Crippen LogP contribution >= 0.6 is 11.8 Å². The van der Waals surface area contributed by atoms with Crippen LogP contribution in [0.5, 0.6) is 0 Å². The highest BCUT2D eigenvalue weighted by atomic mass is 32.2. The van der Waals surface area contributed by atoms with Crippen molar-refractivity contribution in [3.63, 3.8) is 0 Å². The second kappa shape index (κ2) is 1.71. The van der Waals surface area contributed by atoms with Gasteiger partial charge in [0.2, 0.25) is 0 Å². The third-order valence-electron chi connectivity index (χ3n) is 0.661. The van der Waals surface area contributed by atoms with E-state index < -0.39 is 0 Å². The highest BCUT2D eigenvalue weighted by molar-refractivity contribution is 8.14. The molecule has 1 heterocycles. The summed E-state index contributed by atoms with van der Waals surface area (Å²) in [6.07, 6.45) is 0. The van der Waals surface area contributed by atoms with Crippen LogP contribution in [0.25, 0.3) is 0 Å². The predicted octanol–water partition coefficient (Wildman–Crippen LogP) is 0.293. The molecule has 7 heavy (non-hydrogen) atoms. The number of rotatable bonds is 0. The van der Waals surface area contributed by atoms with E-state index in [0.29, 0.717) is 0 Å². The van der Waals surface area contributed by atoms with Crippen molar-refractivity contribution in [2.75, 3.05) is 0 Å². The summed E-state index contributed by atoms with van der Waals surface area (Å²) in [5, 5.41) is 0.236. The lowest BCUT2D eigenvalue weighted by molar-refractivity contribution is 0.259. The lowest BCUT2D eigenvalue weighted by Gasteiger charge is -1.91. The van der Waals surface area contributed by atoms with Gasteiger partial charge < -0.3 is 0 Å². The standard InChI is InChI=1S/C3H6N2OS/c1-2-4-5-3(6)7-2/h2,4H,1H3,(H,5,6). The van der Waals surface area contributed by atoms with Crippen LogP contribution in [-0.2, 0) is 0 Å². The summed E-state index contributed by atoms with van der Waals surface area (Å²) in [5.74, 6) is 0. The Labute approximate surface area is 45.8 Å². The zero-order chi connectivity index (χ0) is 5.28. The first-order valence-electron chi connectivity index (χ1n) is 2.01. The molecule has 1 unspecified atom stereocenters. The number of hydrazine groups is 1. The van der Waals surface area contributed by atoms with Gasteiger partial charge in [-0.1, -0.05) is 0 Å². The Morgan fingerprint density at radius 2 is 2.57 bits per heavy atom. The molecule has 1 saturated heterocycles. The second-order valence-corrected chi connectivity index (χ2v) is 2.63. The van der Waals surface area contributed by atoms with Crippen LogP contribution in [0, 0.1) is 0 Å². The van der Waals surface area contributed by atoms with Crippen LogP contribution in [0.1, 0.15) is 6.92 Å². The van der Waals surface area contributed by atoms with E-state index in [0.717, 1.165) is 0 Å². The molecule has 1 aliphatic rings. The normalized spacial score (nSPS) is 30.4. The van der Waals surface area contributed by atoms with E-state index in [1.807, 2.05) is 6.92 Å². The molecular formula is C3H6N2OS. The number of carbonyl (C=O) groups is 1. The molecule has 3 nitrogen and oxygen atoms in total. The smallest absolute Gasteiger partial charge is 0.281 e. The molecule has 4 heteroatoms. The van der Waals surface area contributed by atoms with Crippen molar-refractivity contribution in [1.29, 1.82) is 0 Å². The molecule has 0 aromatic rings. The molecule has 0 bridgehead atoms. The van der Waals surface area contributed by atoms with E-state index in [-0.39, 0.29) is 10.6 Å². The first kappa shape index (κ1) is 4.93. The van der Waals surface area contributed by atoms with Crippen molar-refractivity contribution in [3.8, 4) is 0 Å². The van der Waals surface area contributed by atoms with Gasteiger partial charge in [0, 0.05) is 0 Å². The molecule has 1 atom stereocenters. The van der Waals surface area contributed by atoms with Crippen molar-refractivity contribution >= 4 is 17.0 Å².